The van der Waals surface area contributed by atoms with Crippen LogP contribution in [0.15, 0.2) is 0 Å². The van der Waals surface area contributed by atoms with E-state index in [2.05, 4.69) is 4.74 Å². The number of hydrogen-bond donors (Lipinski definition) is 0. The topological polar surface area (TPSA) is 63.7 Å². The molecule has 1 saturated heterocycles. The number of hydrogen-bond acceptors (Lipinski definition) is 4. The van der Waals surface area contributed by atoms with Gasteiger partial charge in [0.2, 0.25) is 0 Å². The standard InChI is InChI=1S/C11H14ClNO4/c1-11(12)9(15)7(5-8(14)17-2)13(10(11)16)6-3-4-6/h6-7H,3-5H2,1-2H3. The molecule has 1 heterocycles. The highest BCUT2D eigenvalue weighted by Gasteiger charge is 2.58. The summed E-state index contributed by atoms with van der Waals surface area (Å²) in [7, 11) is 1.25. The average molecular weight is 260 g/mol. The average Bonchev–Trinajstić information content (AvgIpc) is 3.07. The van der Waals surface area contributed by atoms with Crippen molar-refractivity contribution in [2.45, 2.75) is 43.1 Å². The fourth-order valence-corrected chi connectivity index (χ4v) is 2.36. The van der Waals surface area contributed by atoms with Gasteiger partial charge in [-0.3, -0.25) is 14.4 Å². The van der Waals surface area contributed by atoms with Crippen molar-refractivity contribution in [2.24, 2.45) is 0 Å². The third kappa shape index (κ3) is 1.92. The third-order valence-electron chi connectivity index (χ3n) is 3.27. The molecule has 0 N–H and O–H groups in total. The summed E-state index contributed by atoms with van der Waals surface area (Å²) in [6.45, 7) is 1.39. The predicted octanol–water partition coefficient (Wildman–Crippen LogP) is 0.489. The Kier molecular flexibility index (Phi) is 2.89. The van der Waals surface area contributed by atoms with Crippen molar-refractivity contribution in [1.82, 2.24) is 4.90 Å². The van der Waals surface area contributed by atoms with E-state index in [9.17, 15) is 14.4 Å². The summed E-state index contributed by atoms with van der Waals surface area (Å²) >= 11 is 5.96. The number of amides is 1. The summed E-state index contributed by atoms with van der Waals surface area (Å²) in [5, 5.41) is 0. The molecule has 2 fully saturated rings. The summed E-state index contributed by atoms with van der Waals surface area (Å²) in [6.07, 6.45) is 1.62. The minimum absolute atomic E-state index is 0.0571. The molecule has 1 amide bonds. The van der Waals surface area contributed by atoms with Crippen LogP contribution >= 0.6 is 11.6 Å². The Morgan fingerprint density at radius 1 is 1.53 bits per heavy atom. The van der Waals surface area contributed by atoms with E-state index in [4.69, 9.17) is 11.6 Å². The second-order valence-corrected chi connectivity index (χ2v) is 5.36. The molecule has 2 unspecified atom stereocenters. The van der Waals surface area contributed by atoms with Crippen LogP contribution in [0.1, 0.15) is 26.2 Å². The monoisotopic (exact) mass is 259 g/mol. The van der Waals surface area contributed by atoms with Gasteiger partial charge in [0.15, 0.2) is 10.7 Å². The van der Waals surface area contributed by atoms with Crippen LogP contribution in [0.3, 0.4) is 0 Å². The Morgan fingerprint density at radius 2 is 2.12 bits per heavy atom. The van der Waals surface area contributed by atoms with Crippen molar-refractivity contribution in [3.63, 3.8) is 0 Å². The number of esters is 1. The lowest BCUT2D eigenvalue weighted by Crippen LogP contribution is -2.39. The minimum atomic E-state index is -1.53. The van der Waals surface area contributed by atoms with E-state index < -0.39 is 22.7 Å². The molecule has 2 aliphatic rings. The first-order valence-corrected chi connectivity index (χ1v) is 5.90. The number of alkyl halides is 1. The molecule has 94 valence electrons. The van der Waals surface area contributed by atoms with Crippen LogP contribution in [0, 0.1) is 0 Å². The Labute approximate surface area is 104 Å². The van der Waals surface area contributed by atoms with E-state index in [1.165, 1.54) is 18.9 Å². The molecule has 0 aromatic rings. The number of Topliss-reactive ketones (excluding diaryl/α,β-unsaturated/α-hetero) is 1. The molecular formula is C11H14ClNO4. The molecule has 0 spiro atoms. The number of nitrogens with zero attached hydrogens (tertiary/aromatic N) is 1. The van der Waals surface area contributed by atoms with E-state index in [0.717, 1.165) is 12.8 Å². The number of halogens is 1. The Balaban J connectivity index is 2.24. The van der Waals surface area contributed by atoms with Crippen molar-refractivity contribution in [3.8, 4) is 0 Å². The van der Waals surface area contributed by atoms with Gasteiger partial charge in [-0.05, 0) is 19.8 Å². The van der Waals surface area contributed by atoms with Gasteiger partial charge in [0.1, 0.15) is 6.04 Å². The maximum Gasteiger partial charge on any atom is 0.308 e. The van der Waals surface area contributed by atoms with Crippen molar-refractivity contribution >= 4 is 29.3 Å². The predicted molar refractivity (Wildman–Crippen MR) is 59.6 cm³/mol. The number of carbonyl (C=O) groups is 3. The molecule has 1 aliphatic heterocycles. The van der Waals surface area contributed by atoms with Crippen molar-refractivity contribution in [2.75, 3.05) is 7.11 Å². The number of ketones is 1. The Bertz CT molecular complexity index is 389. The smallest absolute Gasteiger partial charge is 0.308 e. The lowest BCUT2D eigenvalue weighted by atomic mass is 10.0. The zero-order valence-corrected chi connectivity index (χ0v) is 10.5. The van der Waals surface area contributed by atoms with Crippen LogP contribution in [-0.4, -0.2) is 46.6 Å². The van der Waals surface area contributed by atoms with Crippen molar-refractivity contribution in [3.05, 3.63) is 0 Å². The molecule has 0 bridgehead atoms. The van der Waals surface area contributed by atoms with Gasteiger partial charge in [-0.1, -0.05) is 0 Å². The van der Waals surface area contributed by atoms with Gasteiger partial charge in [0, 0.05) is 6.04 Å². The molecule has 1 saturated carbocycles. The van der Waals surface area contributed by atoms with Gasteiger partial charge in [-0.2, -0.15) is 0 Å². The van der Waals surface area contributed by atoms with Gasteiger partial charge in [-0.15, -0.1) is 11.6 Å². The minimum Gasteiger partial charge on any atom is -0.469 e. The maximum absolute atomic E-state index is 12.0. The number of rotatable bonds is 3. The first-order chi connectivity index (χ1) is 7.89. The van der Waals surface area contributed by atoms with Gasteiger partial charge in [0.05, 0.1) is 13.5 Å². The van der Waals surface area contributed by atoms with Crippen LogP contribution < -0.4 is 0 Å². The van der Waals surface area contributed by atoms with Crippen molar-refractivity contribution < 1.29 is 19.1 Å². The van der Waals surface area contributed by atoms with Crippen LogP contribution in [0.25, 0.3) is 0 Å². The molecule has 1 aliphatic carbocycles. The zero-order chi connectivity index (χ0) is 12.8. The number of likely N-dealkylation sites (tertiary alicyclic amines) is 1. The van der Waals surface area contributed by atoms with Gasteiger partial charge >= 0.3 is 5.97 Å². The first-order valence-electron chi connectivity index (χ1n) is 5.52. The fraction of sp³-hybridized carbons (Fsp3) is 0.727. The SMILES string of the molecule is COC(=O)CC1C(=O)C(C)(Cl)C(=O)N1C1CC1. The van der Waals surface area contributed by atoms with E-state index >= 15 is 0 Å². The van der Waals surface area contributed by atoms with Crippen LogP contribution in [0.5, 0.6) is 0 Å². The van der Waals surface area contributed by atoms with Crippen molar-refractivity contribution in [1.29, 1.82) is 0 Å². The van der Waals surface area contributed by atoms with E-state index in [0.29, 0.717) is 0 Å². The molecule has 2 rings (SSSR count). The lowest BCUT2D eigenvalue weighted by Gasteiger charge is -2.22. The fourth-order valence-electron chi connectivity index (χ4n) is 2.13. The van der Waals surface area contributed by atoms with Crippen LogP contribution in [0.2, 0.25) is 0 Å². The molecule has 5 nitrogen and oxygen atoms in total. The normalized spacial score (nSPS) is 33.1. The molecule has 17 heavy (non-hydrogen) atoms. The molecule has 0 aromatic heterocycles. The summed E-state index contributed by atoms with van der Waals surface area (Å²) < 4.78 is 4.54. The lowest BCUT2D eigenvalue weighted by molar-refractivity contribution is -0.144. The molecular weight excluding hydrogens is 246 g/mol. The summed E-state index contributed by atoms with van der Waals surface area (Å²) in [6, 6.07) is -0.702. The molecule has 6 heteroatoms. The highest BCUT2D eigenvalue weighted by Crippen LogP contribution is 2.40. The number of carbonyl (C=O) groups excluding carboxylic acids is 3. The summed E-state index contributed by atoms with van der Waals surface area (Å²) in [4.78, 5) is 35.3. The van der Waals surface area contributed by atoms with Gasteiger partial charge in [0.25, 0.3) is 5.91 Å². The second-order valence-electron chi connectivity index (χ2n) is 4.61. The highest BCUT2D eigenvalue weighted by molar-refractivity contribution is 6.49. The maximum atomic E-state index is 12.0. The quantitative estimate of drug-likeness (QED) is 0.420. The highest BCUT2D eigenvalue weighted by atomic mass is 35.5. The third-order valence-corrected chi connectivity index (χ3v) is 3.61. The molecule has 2 atom stereocenters. The van der Waals surface area contributed by atoms with Gasteiger partial charge < -0.3 is 9.64 Å². The number of ether oxygens (including phenoxy) is 1. The first kappa shape index (κ1) is 12.4. The molecule has 0 aromatic carbocycles. The van der Waals surface area contributed by atoms with E-state index in [1.807, 2.05) is 0 Å². The van der Waals surface area contributed by atoms with Crippen LogP contribution in [-0.2, 0) is 19.1 Å². The number of methoxy groups -OCH3 is 1. The van der Waals surface area contributed by atoms with Crippen LogP contribution in [0.4, 0.5) is 0 Å². The second kappa shape index (κ2) is 3.98. The Hall–Kier alpha value is -1.10. The van der Waals surface area contributed by atoms with E-state index in [1.54, 1.807) is 0 Å². The van der Waals surface area contributed by atoms with E-state index in [-0.39, 0.29) is 18.4 Å². The zero-order valence-electron chi connectivity index (χ0n) is 9.73. The largest absolute Gasteiger partial charge is 0.469 e. The summed E-state index contributed by atoms with van der Waals surface area (Å²) in [5.41, 5.74) is 0. The summed E-state index contributed by atoms with van der Waals surface area (Å²) in [5.74, 6) is -1.29. The Morgan fingerprint density at radius 3 is 2.59 bits per heavy atom. The molecule has 0 radical (unpaired) electrons. The van der Waals surface area contributed by atoms with Gasteiger partial charge in [-0.25, -0.2) is 0 Å².